The summed E-state index contributed by atoms with van der Waals surface area (Å²) in [5, 5.41) is 16.7. The molecule has 0 aliphatic heterocycles. The standard InChI is InChI=1S/C23H30N2O4/c1-3-4-14-29-19-9-7-18(8-10-19)25-22(26)24-16-23(27)13-5-6-17-15-20(28-2)11-12-21(17)23/h7-12,15,27H,3-6,13-14,16H2,1-2H3,(H2,24,25,26). The Bertz CT molecular complexity index is 822. The largest absolute Gasteiger partial charge is 0.497 e. The van der Waals surface area contributed by atoms with Crippen LogP contribution in [-0.4, -0.2) is 31.4 Å². The first-order valence-corrected chi connectivity index (χ1v) is 10.2. The molecule has 156 valence electrons. The summed E-state index contributed by atoms with van der Waals surface area (Å²) in [7, 11) is 1.63. The highest BCUT2D eigenvalue weighted by Gasteiger charge is 2.34. The van der Waals surface area contributed by atoms with Gasteiger partial charge in [0.2, 0.25) is 0 Å². The van der Waals surface area contributed by atoms with Gasteiger partial charge in [0, 0.05) is 5.69 Å². The van der Waals surface area contributed by atoms with Crippen LogP contribution in [0, 0.1) is 0 Å². The molecule has 6 nitrogen and oxygen atoms in total. The van der Waals surface area contributed by atoms with E-state index in [2.05, 4.69) is 17.6 Å². The van der Waals surface area contributed by atoms with Crippen LogP contribution in [0.2, 0.25) is 0 Å². The minimum absolute atomic E-state index is 0.149. The summed E-state index contributed by atoms with van der Waals surface area (Å²) in [5.41, 5.74) is 1.53. The molecule has 0 saturated carbocycles. The van der Waals surface area contributed by atoms with Crippen LogP contribution >= 0.6 is 0 Å². The van der Waals surface area contributed by atoms with Crippen LogP contribution in [-0.2, 0) is 12.0 Å². The Morgan fingerprint density at radius 1 is 1.17 bits per heavy atom. The minimum atomic E-state index is -1.08. The smallest absolute Gasteiger partial charge is 0.319 e. The van der Waals surface area contributed by atoms with Crippen molar-refractivity contribution >= 4 is 11.7 Å². The average Bonchev–Trinajstić information content (AvgIpc) is 2.74. The highest BCUT2D eigenvalue weighted by molar-refractivity contribution is 5.89. The summed E-state index contributed by atoms with van der Waals surface area (Å²) in [6, 6.07) is 12.6. The Morgan fingerprint density at radius 3 is 2.66 bits per heavy atom. The maximum Gasteiger partial charge on any atom is 0.319 e. The molecule has 3 N–H and O–H groups in total. The van der Waals surface area contributed by atoms with Crippen molar-refractivity contribution in [1.29, 1.82) is 0 Å². The molecular formula is C23H30N2O4. The molecule has 1 unspecified atom stereocenters. The second-order valence-corrected chi connectivity index (χ2v) is 7.44. The maximum atomic E-state index is 12.3. The van der Waals surface area contributed by atoms with E-state index in [1.54, 1.807) is 19.2 Å². The Balaban J connectivity index is 1.56. The SMILES string of the molecule is CCCCOc1ccc(NC(=O)NCC2(O)CCCc3cc(OC)ccc32)cc1. The lowest BCUT2D eigenvalue weighted by atomic mass is 9.79. The third kappa shape index (κ3) is 5.41. The van der Waals surface area contributed by atoms with E-state index in [9.17, 15) is 9.90 Å². The van der Waals surface area contributed by atoms with Gasteiger partial charge in [-0.1, -0.05) is 19.4 Å². The topological polar surface area (TPSA) is 79.8 Å². The van der Waals surface area contributed by atoms with Crippen molar-refractivity contribution in [2.45, 2.75) is 44.6 Å². The molecule has 29 heavy (non-hydrogen) atoms. The molecule has 1 aliphatic carbocycles. The number of aryl methyl sites for hydroxylation is 1. The van der Waals surface area contributed by atoms with E-state index in [0.717, 1.165) is 48.3 Å². The zero-order valence-electron chi connectivity index (χ0n) is 17.2. The van der Waals surface area contributed by atoms with Crippen molar-refractivity contribution in [2.75, 3.05) is 25.6 Å². The van der Waals surface area contributed by atoms with E-state index in [1.807, 2.05) is 30.3 Å². The third-order valence-electron chi connectivity index (χ3n) is 5.27. The van der Waals surface area contributed by atoms with Gasteiger partial charge in [0.1, 0.15) is 17.1 Å². The zero-order chi connectivity index (χ0) is 20.7. The predicted molar refractivity (Wildman–Crippen MR) is 114 cm³/mol. The Morgan fingerprint density at radius 2 is 1.93 bits per heavy atom. The van der Waals surface area contributed by atoms with Crippen LogP contribution in [0.4, 0.5) is 10.5 Å². The number of rotatable bonds is 8. The van der Waals surface area contributed by atoms with Gasteiger partial charge in [-0.15, -0.1) is 0 Å². The predicted octanol–water partition coefficient (Wildman–Crippen LogP) is 4.22. The first kappa shape index (κ1) is 21.0. The molecule has 0 aromatic heterocycles. The van der Waals surface area contributed by atoms with Crippen molar-refractivity contribution in [3.8, 4) is 11.5 Å². The van der Waals surface area contributed by atoms with Gasteiger partial charge in [0.15, 0.2) is 0 Å². The Labute approximate surface area is 172 Å². The Kier molecular flexibility index (Phi) is 6.99. The van der Waals surface area contributed by atoms with Crippen molar-refractivity contribution in [2.24, 2.45) is 0 Å². The highest BCUT2D eigenvalue weighted by atomic mass is 16.5. The lowest BCUT2D eigenvalue weighted by Crippen LogP contribution is -2.44. The van der Waals surface area contributed by atoms with Crippen molar-refractivity contribution < 1.29 is 19.4 Å². The number of amides is 2. The fourth-order valence-electron chi connectivity index (χ4n) is 3.62. The zero-order valence-corrected chi connectivity index (χ0v) is 17.2. The number of carbonyl (C=O) groups is 1. The number of unbranched alkanes of at least 4 members (excludes halogenated alkanes) is 1. The van der Waals surface area contributed by atoms with Crippen molar-refractivity contribution in [3.05, 3.63) is 53.6 Å². The second-order valence-electron chi connectivity index (χ2n) is 7.44. The van der Waals surface area contributed by atoms with Gasteiger partial charge in [-0.25, -0.2) is 4.79 Å². The molecule has 1 atom stereocenters. The Hall–Kier alpha value is -2.73. The van der Waals surface area contributed by atoms with Crippen LogP contribution in [0.5, 0.6) is 11.5 Å². The van der Waals surface area contributed by atoms with Gasteiger partial charge in [0.25, 0.3) is 0 Å². The van der Waals surface area contributed by atoms with Crippen LogP contribution in [0.1, 0.15) is 43.7 Å². The first-order chi connectivity index (χ1) is 14.0. The van der Waals surface area contributed by atoms with E-state index in [0.29, 0.717) is 18.7 Å². The normalized spacial score (nSPS) is 17.9. The number of carbonyl (C=O) groups excluding carboxylic acids is 1. The van der Waals surface area contributed by atoms with Crippen molar-refractivity contribution in [1.82, 2.24) is 5.32 Å². The second kappa shape index (κ2) is 9.65. The van der Waals surface area contributed by atoms with Crippen LogP contribution in [0.25, 0.3) is 0 Å². The minimum Gasteiger partial charge on any atom is -0.497 e. The van der Waals surface area contributed by atoms with Gasteiger partial charge in [-0.05, 0) is 73.2 Å². The molecule has 2 aromatic rings. The lowest BCUT2D eigenvalue weighted by Gasteiger charge is -2.34. The first-order valence-electron chi connectivity index (χ1n) is 10.2. The summed E-state index contributed by atoms with van der Waals surface area (Å²) in [4.78, 5) is 12.3. The highest BCUT2D eigenvalue weighted by Crippen LogP contribution is 2.36. The number of urea groups is 1. The summed E-state index contributed by atoms with van der Waals surface area (Å²) in [5.74, 6) is 1.56. The molecule has 0 fully saturated rings. The number of anilines is 1. The number of aliphatic hydroxyl groups is 1. The van der Waals surface area contributed by atoms with Gasteiger partial charge >= 0.3 is 6.03 Å². The third-order valence-corrected chi connectivity index (χ3v) is 5.27. The molecule has 2 amide bonds. The molecule has 0 bridgehead atoms. The van der Waals surface area contributed by atoms with Gasteiger partial charge in [-0.3, -0.25) is 0 Å². The average molecular weight is 399 g/mol. The molecular weight excluding hydrogens is 368 g/mol. The van der Waals surface area contributed by atoms with E-state index >= 15 is 0 Å². The number of hydrogen-bond acceptors (Lipinski definition) is 4. The summed E-state index contributed by atoms with van der Waals surface area (Å²) in [6.45, 7) is 2.96. The molecule has 0 spiro atoms. The molecule has 6 heteroatoms. The van der Waals surface area contributed by atoms with E-state index < -0.39 is 5.60 Å². The van der Waals surface area contributed by atoms with Gasteiger partial charge < -0.3 is 25.2 Å². The fourth-order valence-corrected chi connectivity index (χ4v) is 3.62. The number of benzene rings is 2. The number of methoxy groups -OCH3 is 1. The van der Waals surface area contributed by atoms with Crippen molar-refractivity contribution in [3.63, 3.8) is 0 Å². The summed E-state index contributed by atoms with van der Waals surface area (Å²) >= 11 is 0. The van der Waals surface area contributed by atoms with Crippen LogP contribution in [0.3, 0.4) is 0 Å². The molecule has 3 rings (SSSR count). The summed E-state index contributed by atoms with van der Waals surface area (Å²) in [6.07, 6.45) is 4.47. The quantitative estimate of drug-likeness (QED) is 0.582. The van der Waals surface area contributed by atoms with E-state index in [1.165, 1.54) is 0 Å². The number of hydrogen-bond donors (Lipinski definition) is 3. The van der Waals surface area contributed by atoms with Gasteiger partial charge in [0.05, 0.1) is 20.3 Å². The molecule has 0 saturated heterocycles. The van der Waals surface area contributed by atoms with Crippen LogP contribution in [0.15, 0.2) is 42.5 Å². The number of nitrogens with one attached hydrogen (secondary N) is 2. The summed E-state index contributed by atoms with van der Waals surface area (Å²) < 4.78 is 10.9. The van der Waals surface area contributed by atoms with Crippen LogP contribution < -0.4 is 20.1 Å². The molecule has 0 heterocycles. The van der Waals surface area contributed by atoms with E-state index in [4.69, 9.17) is 9.47 Å². The number of ether oxygens (including phenoxy) is 2. The lowest BCUT2D eigenvalue weighted by molar-refractivity contribution is 0.0220. The van der Waals surface area contributed by atoms with Gasteiger partial charge in [-0.2, -0.15) is 0 Å². The monoisotopic (exact) mass is 398 g/mol. The van der Waals surface area contributed by atoms with E-state index in [-0.39, 0.29) is 12.6 Å². The maximum absolute atomic E-state index is 12.3. The molecule has 1 aliphatic rings. The molecule has 0 radical (unpaired) electrons. The fraction of sp³-hybridized carbons (Fsp3) is 0.435. The molecule has 2 aromatic carbocycles. The number of fused-ring (bicyclic) bond motifs is 1.